The molecule has 1 saturated carbocycles. The summed E-state index contributed by atoms with van der Waals surface area (Å²) >= 11 is 6.00. The lowest BCUT2D eigenvalue weighted by atomic mass is 9.78. The molecule has 0 atom stereocenters. The van der Waals surface area contributed by atoms with Gasteiger partial charge in [-0.3, -0.25) is 4.79 Å². The molecule has 1 fully saturated rings. The van der Waals surface area contributed by atoms with Crippen LogP contribution >= 0.6 is 11.6 Å². The summed E-state index contributed by atoms with van der Waals surface area (Å²) in [5, 5.41) is 7.45. The van der Waals surface area contributed by atoms with Gasteiger partial charge in [-0.05, 0) is 26.2 Å². The van der Waals surface area contributed by atoms with Crippen LogP contribution in [-0.2, 0) is 6.54 Å². The number of rotatable bonds is 3. The molecule has 5 heteroatoms. The van der Waals surface area contributed by atoms with Crippen molar-refractivity contribution in [3.8, 4) is 12.3 Å². The van der Waals surface area contributed by atoms with Gasteiger partial charge in [0.1, 0.15) is 12.2 Å². The van der Waals surface area contributed by atoms with Crippen molar-refractivity contribution >= 4 is 17.3 Å². The van der Waals surface area contributed by atoms with E-state index >= 15 is 0 Å². The van der Waals surface area contributed by atoms with Crippen LogP contribution in [0.2, 0.25) is 5.02 Å². The Morgan fingerprint density at radius 2 is 2.41 bits per heavy atom. The van der Waals surface area contributed by atoms with Gasteiger partial charge < -0.3 is 5.32 Å². The zero-order valence-electron chi connectivity index (χ0n) is 9.66. The van der Waals surface area contributed by atoms with Crippen molar-refractivity contribution in [2.45, 2.75) is 38.3 Å². The first kappa shape index (κ1) is 12.0. The maximum Gasteiger partial charge on any atom is 0.292 e. The first-order valence-electron chi connectivity index (χ1n) is 5.53. The van der Waals surface area contributed by atoms with E-state index in [0.717, 1.165) is 12.8 Å². The molecule has 0 unspecified atom stereocenters. The monoisotopic (exact) mass is 251 g/mol. The van der Waals surface area contributed by atoms with Gasteiger partial charge in [0.25, 0.3) is 5.56 Å². The van der Waals surface area contributed by atoms with E-state index < -0.39 is 0 Å². The second kappa shape index (κ2) is 4.42. The molecule has 0 saturated heterocycles. The van der Waals surface area contributed by atoms with Gasteiger partial charge in [0.2, 0.25) is 0 Å². The summed E-state index contributed by atoms with van der Waals surface area (Å²) in [7, 11) is 0. The van der Waals surface area contributed by atoms with E-state index in [9.17, 15) is 4.79 Å². The third-order valence-corrected chi connectivity index (χ3v) is 3.41. The van der Waals surface area contributed by atoms with Crippen LogP contribution < -0.4 is 10.9 Å². The van der Waals surface area contributed by atoms with E-state index in [-0.39, 0.29) is 17.6 Å². The Kier molecular flexibility index (Phi) is 3.12. The van der Waals surface area contributed by atoms with E-state index in [2.05, 4.69) is 23.3 Å². The summed E-state index contributed by atoms with van der Waals surface area (Å²) in [5.41, 5.74) is 0.112. The molecule has 1 aromatic rings. The van der Waals surface area contributed by atoms with Crippen LogP contribution in [0.15, 0.2) is 11.0 Å². The van der Waals surface area contributed by atoms with Crippen LogP contribution in [0.5, 0.6) is 0 Å². The van der Waals surface area contributed by atoms with Crippen molar-refractivity contribution in [2.24, 2.45) is 0 Å². The van der Waals surface area contributed by atoms with Crippen LogP contribution in [0.4, 0.5) is 5.69 Å². The molecule has 2 rings (SSSR count). The summed E-state index contributed by atoms with van der Waals surface area (Å²) in [4.78, 5) is 12.1. The third-order valence-electron chi connectivity index (χ3n) is 3.12. The van der Waals surface area contributed by atoms with Gasteiger partial charge >= 0.3 is 0 Å². The number of nitrogens with zero attached hydrogens (tertiary/aromatic N) is 2. The highest BCUT2D eigenvalue weighted by Gasteiger charge is 2.32. The van der Waals surface area contributed by atoms with Gasteiger partial charge in [-0.15, -0.1) is 6.42 Å². The number of hydrogen-bond acceptors (Lipinski definition) is 3. The zero-order chi connectivity index (χ0) is 12.5. The molecule has 0 bridgehead atoms. The number of terminal acetylenes is 1. The van der Waals surface area contributed by atoms with E-state index in [0.29, 0.717) is 10.7 Å². The standard InChI is InChI=1S/C12H14ClN3O/c1-3-7-16-11(17)10(9(13)8-14-16)15-12(2)5-4-6-12/h1,8,15H,4-7H2,2H3. The highest BCUT2D eigenvalue weighted by molar-refractivity contribution is 6.33. The van der Waals surface area contributed by atoms with Gasteiger partial charge in [0.15, 0.2) is 0 Å². The molecular weight excluding hydrogens is 238 g/mol. The molecule has 0 amide bonds. The van der Waals surface area contributed by atoms with E-state index in [1.165, 1.54) is 17.3 Å². The van der Waals surface area contributed by atoms with Crippen molar-refractivity contribution in [3.05, 3.63) is 21.6 Å². The fourth-order valence-electron chi connectivity index (χ4n) is 1.91. The molecule has 0 aromatic carbocycles. The van der Waals surface area contributed by atoms with Gasteiger partial charge in [0, 0.05) is 5.54 Å². The Labute approximate surface area is 105 Å². The zero-order valence-corrected chi connectivity index (χ0v) is 10.4. The fraction of sp³-hybridized carbons (Fsp3) is 0.500. The first-order chi connectivity index (χ1) is 8.06. The average molecular weight is 252 g/mol. The van der Waals surface area contributed by atoms with Gasteiger partial charge in [-0.1, -0.05) is 17.5 Å². The van der Waals surface area contributed by atoms with E-state index in [1.807, 2.05) is 0 Å². The Bertz CT molecular complexity index is 526. The highest BCUT2D eigenvalue weighted by atomic mass is 35.5. The lowest BCUT2D eigenvalue weighted by molar-refractivity contribution is 0.306. The quantitative estimate of drug-likeness (QED) is 0.835. The fourth-order valence-corrected chi connectivity index (χ4v) is 2.09. The average Bonchev–Trinajstić information content (AvgIpc) is 2.26. The molecule has 0 spiro atoms. The topological polar surface area (TPSA) is 46.9 Å². The van der Waals surface area contributed by atoms with Crippen LogP contribution in [0.25, 0.3) is 0 Å². The molecule has 1 heterocycles. The lowest BCUT2D eigenvalue weighted by Gasteiger charge is -2.40. The third kappa shape index (κ3) is 2.29. The smallest absolute Gasteiger partial charge is 0.292 e. The summed E-state index contributed by atoms with van der Waals surface area (Å²) in [5.74, 6) is 2.39. The van der Waals surface area contributed by atoms with Crippen LogP contribution in [-0.4, -0.2) is 15.3 Å². The molecule has 1 aliphatic rings. The Hall–Kier alpha value is -1.47. The van der Waals surface area contributed by atoms with Gasteiger partial charge in [-0.25, -0.2) is 4.68 Å². The number of halogens is 1. The first-order valence-corrected chi connectivity index (χ1v) is 5.91. The molecule has 17 heavy (non-hydrogen) atoms. The molecule has 1 aromatic heterocycles. The van der Waals surface area contributed by atoms with Crippen molar-refractivity contribution < 1.29 is 0 Å². The van der Waals surface area contributed by atoms with Gasteiger partial charge in [-0.2, -0.15) is 5.10 Å². The highest BCUT2D eigenvalue weighted by Crippen LogP contribution is 2.35. The lowest BCUT2D eigenvalue weighted by Crippen LogP contribution is -2.44. The predicted molar refractivity (Wildman–Crippen MR) is 68.2 cm³/mol. The maximum absolute atomic E-state index is 12.1. The van der Waals surface area contributed by atoms with E-state index in [4.69, 9.17) is 18.0 Å². The molecule has 4 nitrogen and oxygen atoms in total. The number of anilines is 1. The van der Waals surface area contributed by atoms with Crippen LogP contribution in [0.3, 0.4) is 0 Å². The Morgan fingerprint density at radius 1 is 1.71 bits per heavy atom. The number of nitrogens with one attached hydrogen (secondary N) is 1. The number of aromatic nitrogens is 2. The van der Waals surface area contributed by atoms with Crippen molar-refractivity contribution in [3.63, 3.8) is 0 Å². The minimum Gasteiger partial charge on any atom is -0.374 e. The van der Waals surface area contributed by atoms with Crippen LogP contribution in [0, 0.1) is 12.3 Å². The molecule has 0 aliphatic heterocycles. The minimum atomic E-state index is -0.261. The largest absolute Gasteiger partial charge is 0.374 e. The summed E-state index contributed by atoms with van der Waals surface area (Å²) < 4.78 is 1.23. The van der Waals surface area contributed by atoms with Crippen LogP contribution in [0.1, 0.15) is 26.2 Å². The van der Waals surface area contributed by atoms with E-state index in [1.54, 1.807) is 0 Å². The van der Waals surface area contributed by atoms with Gasteiger partial charge in [0.05, 0.1) is 11.2 Å². The second-order valence-electron chi connectivity index (χ2n) is 4.57. The second-order valence-corrected chi connectivity index (χ2v) is 4.98. The summed E-state index contributed by atoms with van der Waals surface area (Å²) in [6.45, 7) is 2.24. The van der Waals surface area contributed by atoms with Crippen molar-refractivity contribution in [1.82, 2.24) is 9.78 Å². The van der Waals surface area contributed by atoms with Crippen molar-refractivity contribution in [1.29, 1.82) is 0 Å². The SMILES string of the molecule is C#CCn1ncc(Cl)c(NC2(C)CCC2)c1=O. The predicted octanol–water partition coefficient (Wildman–Crippen LogP) is 1.88. The Morgan fingerprint density at radius 3 is 2.94 bits per heavy atom. The molecular formula is C12H14ClN3O. The summed E-state index contributed by atoms with van der Waals surface area (Å²) in [6.07, 6.45) is 9.88. The Balaban J connectivity index is 2.35. The molecule has 1 aliphatic carbocycles. The number of hydrogen-bond donors (Lipinski definition) is 1. The molecule has 0 radical (unpaired) electrons. The summed E-state index contributed by atoms with van der Waals surface area (Å²) in [6, 6.07) is 0. The van der Waals surface area contributed by atoms with Crippen molar-refractivity contribution in [2.75, 3.05) is 5.32 Å². The maximum atomic E-state index is 12.1. The minimum absolute atomic E-state index is 0.0296. The molecule has 90 valence electrons. The normalized spacial score (nSPS) is 17.0. The molecule has 1 N–H and O–H groups in total.